The Labute approximate surface area is 222 Å². The first kappa shape index (κ1) is 24.9. The number of hydrogen-bond acceptors (Lipinski definition) is 6. The minimum atomic E-state index is 0. The van der Waals surface area contributed by atoms with Crippen molar-refractivity contribution in [3.63, 3.8) is 0 Å². The van der Waals surface area contributed by atoms with E-state index in [0.717, 1.165) is 55.6 Å². The smallest absolute Gasteiger partial charge is 0.217 e. The van der Waals surface area contributed by atoms with Crippen molar-refractivity contribution in [3.8, 4) is 11.5 Å². The number of Topliss-reactive ketones (excluding diaryl/α,β-unsaturated/α-hetero) is 1. The Hall–Kier alpha value is -2.75. The fourth-order valence-electron chi connectivity index (χ4n) is 5.59. The molecule has 3 aromatic rings. The van der Waals surface area contributed by atoms with Crippen molar-refractivity contribution in [1.82, 2.24) is 14.7 Å². The van der Waals surface area contributed by atoms with E-state index in [1.165, 1.54) is 0 Å². The summed E-state index contributed by atoms with van der Waals surface area (Å²) >= 11 is 0. The number of rotatable bonds is 9. The van der Waals surface area contributed by atoms with E-state index in [1.807, 2.05) is 78.9 Å². The van der Waals surface area contributed by atoms with E-state index >= 15 is 0 Å². The Kier molecular flexibility index (Phi) is 7.41. The normalized spacial score (nSPS) is 25.7. The first-order chi connectivity index (χ1) is 17.1. The van der Waals surface area contributed by atoms with Gasteiger partial charge < -0.3 is 26.5 Å². The highest BCUT2D eigenvalue weighted by Crippen LogP contribution is 2.30. The zero-order valence-electron chi connectivity index (χ0n) is 20.3. The quantitative estimate of drug-likeness (QED) is 0.286. The Bertz CT molecular complexity index is 1090. The van der Waals surface area contributed by atoms with E-state index in [-0.39, 0.29) is 22.8 Å². The van der Waals surface area contributed by atoms with Gasteiger partial charge in [0.1, 0.15) is 51.3 Å². The minimum absolute atomic E-state index is 0. The largest absolute Gasteiger partial charge is 1.00 e. The van der Waals surface area contributed by atoms with Crippen LogP contribution in [0.25, 0.3) is 0 Å². The molecule has 0 amide bonds. The summed E-state index contributed by atoms with van der Waals surface area (Å²) in [6, 6.07) is 25.7. The molecule has 7 nitrogen and oxygen atoms in total. The van der Waals surface area contributed by atoms with Gasteiger partial charge in [0.2, 0.25) is 5.78 Å². The molecule has 188 valence electrons. The molecule has 7 rings (SSSR count). The van der Waals surface area contributed by atoms with E-state index in [1.54, 1.807) is 0 Å². The lowest BCUT2D eigenvalue weighted by Crippen LogP contribution is -3.00. The van der Waals surface area contributed by atoms with Gasteiger partial charge in [-0.25, -0.2) is 14.7 Å². The molecule has 0 saturated carbocycles. The van der Waals surface area contributed by atoms with Crippen LogP contribution in [0.4, 0.5) is 0 Å². The van der Waals surface area contributed by atoms with Gasteiger partial charge in [-0.05, 0) is 23.3 Å². The Balaban J connectivity index is 0.00000267. The lowest BCUT2D eigenvalue weighted by atomic mass is 10.1. The maximum Gasteiger partial charge on any atom is 0.217 e. The first-order valence-electron chi connectivity index (χ1n) is 12.2. The van der Waals surface area contributed by atoms with Crippen molar-refractivity contribution < 1.29 is 35.7 Å². The standard InChI is InChI=1S/C28H31N4O3.BrH/c33-28(14-32-20-29-17-30(21-32)19-31(18-29)22-32)25-11-26(34-15-23-7-3-1-4-8-23)13-27(12-25)35-16-24-9-5-2-6-10-24;/h1-13H,14-22H2;1H/q+1;/p-1. The van der Waals surface area contributed by atoms with Gasteiger partial charge in [0.05, 0.1) is 20.0 Å². The summed E-state index contributed by atoms with van der Waals surface area (Å²) in [6.07, 6.45) is 0. The lowest BCUT2D eigenvalue weighted by molar-refractivity contribution is -0.973. The van der Waals surface area contributed by atoms with E-state index in [4.69, 9.17) is 9.47 Å². The molecule has 0 aromatic heterocycles. The van der Waals surface area contributed by atoms with Gasteiger partial charge in [0.15, 0.2) is 0 Å². The summed E-state index contributed by atoms with van der Waals surface area (Å²) in [7, 11) is 0. The van der Waals surface area contributed by atoms with E-state index in [0.29, 0.717) is 36.8 Å². The molecule has 3 aromatic carbocycles. The minimum Gasteiger partial charge on any atom is -1.00 e. The average molecular weight is 551 g/mol. The van der Waals surface area contributed by atoms with Crippen LogP contribution in [0.1, 0.15) is 21.5 Å². The zero-order chi connectivity index (χ0) is 23.7. The monoisotopic (exact) mass is 550 g/mol. The molecule has 0 unspecified atom stereocenters. The van der Waals surface area contributed by atoms with Crippen LogP contribution in [0, 0.1) is 0 Å². The SMILES string of the molecule is O=C(C[N+]12CN3CN(CN(C3)C1)C2)c1cc(OCc2ccccc2)cc(OCc2ccccc2)c1.[Br-]. The summed E-state index contributed by atoms with van der Waals surface area (Å²) in [5, 5.41) is 0. The predicted octanol–water partition coefficient (Wildman–Crippen LogP) is 0.540. The number of carbonyl (C=O) groups excluding carboxylic acids is 1. The molecule has 4 bridgehead atoms. The molecular formula is C28H31BrN4O3. The summed E-state index contributed by atoms with van der Waals surface area (Å²) in [4.78, 5) is 20.9. The van der Waals surface area contributed by atoms with Gasteiger partial charge in [-0.3, -0.25) is 9.28 Å². The topological polar surface area (TPSA) is 45.3 Å². The van der Waals surface area contributed by atoms with Crippen LogP contribution in [0.5, 0.6) is 11.5 Å². The highest BCUT2D eigenvalue weighted by atomic mass is 79.9. The molecule has 0 atom stereocenters. The zero-order valence-corrected chi connectivity index (χ0v) is 21.8. The Morgan fingerprint density at radius 1 is 0.694 bits per heavy atom. The number of carbonyl (C=O) groups is 1. The number of quaternary nitrogens is 1. The van der Waals surface area contributed by atoms with Crippen LogP contribution in [0.15, 0.2) is 78.9 Å². The fraction of sp³-hybridized carbons (Fsp3) is 0.321. The molecule has 36 heavy (non-hydrogen) atoms. The molecule has 4 fully saturated rings. The van der Waals surface area contributed by atoms with Crippen molar-refractivity contribution >= 4 is 5.78 Å². The average Bonchev–Trinajstić information content (AvgIpc) is 2.86. The second kappa shape index (κ2) is 10.7. The highest BCUT2D eigenvalue weighted by molar-refractivity contribution is 5.97. The molecule has 4 heterocycles. The van der Waals surface area contributed by atoms with Crippen LogP contribution in [-0.4, -0.2) is 71.5 Å². The summed E-state index contributed by atoms with van der Waals surface area (Å²) in [5.41, 5.74) is 2.81. The van der Waals surface area contributed by atoms with Gasteiger partial charge in [-0.1, -0.05) is 60.7 Å². The number of benzene rings is 3. The third kappa shape index (κ3) is 5.63. The van der Waals surface area contributed by atoms with E-state index in [2.05, 4.69) is 14.7 Å². The number of ketones is 1. The summed E-state index contributed by atoms with van der Waals surface area (Å²) < 4.78 is 13.0. The molecule has 4 saturated heterocycles. The number of hydrogen-bond donors (Lipinski definition) is 0. The van der Waals surface area contributed by atoms with Crippen molar-refractivity contribution in [2.75, 3.05) is 46.6 Å². The van der Waals surface area contributed by atoms with Crippen molar-refractivity contribution in [3.05, 3.63) is 95.6 Å². The maximum absolute atomic E-state index is 13.6. The summed E-state index contributed by atoms with van der Waals surface area (Å²) in [5.74, 6) is 1.43. The molecule has 0 spiro atoms. The van der Waals surface area contributed by atoms with Crippen molar-refractivity contribution in [1.29, 1.82) is 0 Å². The van der Waals surface area contributed by atoms with Gasteiger partial charge in [-0.2, -0.15) is 0 Å². The molecule has 4 aliphatic rings. The summed E-state index contributed by atoms with van der Waals surface area (Å²) in [6.45, 7) is 7.16. The highest BCUT2D eigenvalue weighted by Gasteiger charge is 2.49. The Morgan fingerprint density at radius 2 is 1.14 bits per heavy atom. The molecule has 0 aliphatic carbocycles. The molecular weight excluding hydrogens is 520 g/mol. The fourth-order valence-corrected chi connectivity index (χ4v) is 5.59. The Morgan fingerprint density at radius 3 is 1.58 bits per heavy atom. The maximum atomic E-state index is 13.6. The van der Waals surface area contributed by atoms with Gasteiger partial charge in [0.25, 0.3) is 0 Å². The van der Waals surface area contributed by atoms with Gasteiger partial charge in [-0.15, -0.1) is 0 Å². The second-order valence-electron chi connectivity index (χ2n) is 10.0. The van der Waals surface area contributed by atoms with E-state index < -0.39 is 0 Å². The van der Waals surface area contributed by atoms with Crippen molar-refractivity contribution in [2.45, 2.75) is 13.2 Å². The second-order valence-corrected chi connectivity index (χ2v) is 10.0. The molecule has 0 N–H and O–H groups in total. The number of ether oxygens (including phenoxy) is 2. The lowest BCUT2D eigenvalue weighted by Gasteiger charge is -2.60. The van der Waals surface area contributed by atoms with Crippen LogP contribution >= 0.6 is 0 Å². The van der Waals surface area contributed by atoms with Crippen molar-refractivity contribution in [2.24, 2.45) is 0 Å². The first-order valence-corrected chi connectivity index (χ1v) is 12.2. The number of nitrogens with zero attached hydrogens (tertiary/aromatic N) is 4. The third-order valence-corrected chi connectivity index (χ3v) is 6.88. The van der Waals surface area contributed by atoms with E-state index in [9.17, 15) is 4.79 Å². The van der Waals surface area contributed by atoms with Crippen LogP contribution < -0.4 is 26.5 Å². The van der Waals surface area contributed by atoms with Gasteiger partial charge >= 0.3 is 0 Å². The number of halogens is 1. The third-order valence-electron chi connectivity index (χ3n) is 6.88. The van der Waals surface area contributed by atoms with Gasteiger partial charge in [0, 0.05) is 11.6 Å². The van der Waals surface area contributed by atoms with Crippen LogP contribution in [0.2, 0.25) is 0 Å². The molecule has 0 radical (unpaired) electrons. The van der Waals surface area contributed by atoms with Crippen LogP contribution in [0.3, 0.4) is 0 Å². The molecule has 8 heteroatoms. The molecule has 4 aliphatic heterocycles. The predicted molar refractivity (Wildman–Crippen MR) is 132 cm³/mol. The van der Waals surface area contributed by atoms with Crippen LogP contribution in [-0.2, 0) is 13.2 Å².